The number of methoxy groups -OCH3 is 1. The zero-order chi connectivity index (χ0) is 21.0. The van der Waals surface area contributed by atoms with E-state index in [4.69, 9.17) is 4.74 Å². The first kappa shape index (κ1) is 21.6. The lowest BCUT2D eigenvalue weighted by Gasteiger charge is -2.37. The van der Waals surface area contributed by atoms with Gasteiger partial charge in [0.25, 0.3) is 0 Å². The molecule has 1 atom stereocenters. The molecular weight excluding hydrogens is 385 g/mol. The maximum Gasteiger partial charge on any atom is 0.416 e. The predicted octanol–water partition coefficient (Wildman–Crippen LogP) is 3.33. The first-order valence-electron chi connectivity index (χ1n) is 9.99. The molecule has 0 aromatic heterocycles. The predicted molar refractivity (Wildman–Crippen MR) is 101 cm³/mol. The second kappa shape index (κ2) is 9.15. The van der Waals surface area contributed by atoms with Crippen LogP contribution in [0.2, 0.25) is 0 Å². The Morgan fingerprint density at radius 2 is 1.93 bits per heavy atom. The van der Waals surface area contributed by atoms with E-state index in [2.05, 4.69) is 0 Å². The summed E-state index contributed by atoms with van der Waals surface area (Å²) >= 11 is 0. The first-order valence-corrected chi connectivity index (χ1v) is 9.99. The number of benzene rings is 1. The van der Waals surface area contributed by atoms with Crippen LogP contribution in [-0.4, -0.2) is 55.0 Å². The van der Waals surface area contributed by atoms with Gasteiger partial charge in [-0.2, -0.15) is 13.2 Å². The van der Waals surface area contributed by atoms with Gasteiger partial charge >= 0.3 is 6.18 Å². The van der Waals surface area contributed by atoms with Crippen molar-refractivity contribution in [1.29, 1.82) is 0 Å². The number of amides is 2. The number of hydrogen-bond acceptors (Lipinski definition) is 3. The van der Waals surface area contributed by atoms with Gasteiger partial charge in [-0.15, -0.1) is 0 Å². The van der Waals surface area contributed by atoms with Gasteiger partial charge in [0.2, 0.25) is 11.8 Å². The van der Waals surface area contributed by atoms with Crippen molar-refractivity contribution in [3.8, 4) is 0 Å². The molecule has 1 aromatic carbocycles. The molecule has 3 rings (SSSR count). The monoisotopic (exact) mass is 412 g/mol. The number of carbonyl (C=O) groups is 2. The fourth-order valence-electron chi connectivity index (χ4n) is 4.15. The van der Waals surface area contributed by atoms with Crippen LogP contribution in [0.25, 0.3) is 0 Å². The molecule has 8 heteroatoms. The van der Waals surface area contributed by atoms with E-state index >= 15 is 0 Å². The highest BCUT2D eigenvalue weighted by Gasteiger charge is 2.35. The van der Waals surface area contributed by atoms with Gasteiger partial charge in [0.1, 0.15) is 0 Å². The van der Waals surface area contributed by atoms with Gasteiger partial charge in [0.15, 0.2) is 0 Å². The quantitative estimate of drug-likeness (QED) is 0.746. The Morgan fingerprint density at radius 1 is 1.21 bits per heavy atom. The third kappa shape index (κ3) is 5.50. The van der Waals surface area contributed by atoms with Gasteiger partial charge in [0, 0.05) is 46.3 Å². The summed E-state index contributed by atoms with van der Waals surface area (Å²) < 4.78 is 44.0. The minimum Gasteiger partial charge on any atom is -0.384 e. The van der Waals surface area contributed by atoms with E-state index in [-0.39, 0.29) is 37.2 Å². The molecule has 2 saturated heterocycles. The molecule has 0 N–H and O–H groups in total. The number of halogens is 3. The number of piperidine rings is 2. The molecule has 2 aliphatic rings. The van der Waals surface area contributed by atoms with Crippen LogP contribution < -0.4 is 0 Å². The summed E-state index contributed by atoms with van der Waals surface area (Å²) in [5.74, 6) is 0.0968. The molecule has 5 nitrogen and oxygen atoms in total. The van der Waals surface area contributed by atoms with Crippen molar-refractivity contribution >= 4 is 11.8 Å². The Morgan fingerprint density at radius 3 is 2.59 bits per heavy atom. The molecule has 0 saturated carbocycles. The van der Waals surface area contributed by atoms with Crippen molar-refractivity contribution in [3.05, 3.63) is 35.4 Å². The smallest absolute Gasteiger partial charge is 0.384 e. The Kier molecular flexibility index (Phi) is 6.82. The van der Waals surface area contributed by atoms with Crippen LogP contribution in [0.3, 0.4) is 0 Å². The molecule has 160 valence electrons. The normalized spacial score (nSPS) is 21.5. The number of alkyl halides is 3. The van der Waals surface area contributed by atoms with Gasteiger partial charge in [-0.05, 0) is 42.9 Å². The van der Waals surface area contributed by atoms with Crippen molar-refractivity contribution in [2.75, 3.05) is 33.4 Å². The summed E-state index contributed by atoms with van der Waals surface area (Å²) in [6.45, 7) is 2.41. The number of likely N-dealkylation sites (tertiary alicyclic amines) is 2. The number of rotatable bonds is 5. The van der Waals surface area contributed by atoms with Crippen molar-refractivity contribution < 1.29 is 27.5 Å². The highest BCUT2D eigenvalue weighted by atomic mass is 19.4. The molecule has 0 bridgehead atoms. The summed E-state index contributed by atoms with van der Waals surface area (Å²) in [6.07, 6.45) is -1.88. The lowest BCUT2D eigenvalue weighted by Crippen LogP contribution is -2.48. The van der Waals surface area contributed by atoms with E-state index in [9.17, 15) is 22.8 Å². The minimum absolute atomic E-state index is 0.0439. The first-order chi connectivity index (χ1) is 13.8. The number of nitrogens with zero attached hydrogens (tertiary/aromatic N) is 2. The maximum atomic E-state index is 12.9. The molecule has 29 heavy (non-hydrogen) atoms. The average Bonchev–Trinajstić information content (AvgIpc) is 2.69. The van der Waals surface area contributed by atoms with Crippen LogP contribution in [0.5, 0.6) is 0 Å². The van der Waals surface area contributed by atoms with E-state index in [1.165, 1.54) is 11.0 Å². The summed E-state index contributed by atoms with van der Waals surface area (Å²) in [6, 6.07) is 5.01. The molecule has 2 heterocycles. The SMILES string of the molecule is COCC1CCN(C(=O)[C@H]2CCC(=O)N(Cc3cccc(C(F)(F)F)c3)C2)CC1. The fourth-order valence-corrected chi connectivity index (χ4v) is 4.15. The van der Waals surface area contributed by atoms with E-state index < -0.39 is 11.7 Å². The summed E-state index contributed by atoms with van der Waals surface area (Å²) in [5.41, 5.74) is -0.312. The molecule has 2 aliphatic heterocycles. The summed E-state index contributed by atoms with van der Waals surface area (Å²) in [5, 5.41) is 0. The maximum absolute atomic E-state index is 12.9. The molecule has 2 amide bonds. The number of hydrogen-bond donors (Lipinski definition) is 0. The Balaban J connectivity index is 1.61. The largest absolute Gasteiger partial charge is 0.416 e. The Bertz CT molecular complexity index is 730. The third-order valence-corrected chi connectivity index (χ3v) is 5.81. The molecule has 0 unspecified atom stereocenters. The number of ether oxygens (including phenoxy) is 1. The summed E-state index contributed by atoms with van der Waals surface area (Å²) in [4.78, 5) is 28.6. The Hall–Kier alpha value is -2.09. The van der Waals surface area contributed by atoms with E-state index in [1.807, 2.05) is 4.90 Å². The van der Waals surface area contributed by atoms with Crippen LogP contribution in [0.15, 0.2) is 24.3 Å². The van der Waals surface area contributed by atoms with Crippen molar-refractivity contribution in [2.45, 2.75) is 38.4 Å². The van der Waals surface area contributed by atoms with E-state index in [0.717, 1.165) is 25.0 Å². The Labute approximate surface area is 168 Å². The lowest BCUT2D eigenvalue weighted by atomic mass is 9.92. The number of carbonyl (C=O) groups excluding carboxylic acids is 2. The van der Waals surface area contributed by atoms with Crippen molar-refractivity contribution in [1.82, 2.24) is 9.80 Å². The van der Waals surface area contributed by atoms with Gasteiger partial charge < -0.3 is 14.5 Å². The second-order valence-corrected chi connectivity index (χ2v) is 7.93. The van der Waals surface area contributed by atoms with Gasteiger partial charge in [-0.3, -0.25) is 9.59 Å². The van der Waals surface area contributed by atoms with Crippen molar-refractivity contribution in [2.24, 2.45) is 11.8 Å². The van der Waals surface area contributed by atoms with Crippen LogP contribution >= 0.6 is 0 Å². The van der Waals surface area contributed by atoms with Crippen LogP contribution in [0, 0.1) is 11.8 Å². The topological polar surface area (TPSA) is 49.9 Å². The third-order valence-electron chi connectivity index (χ3n) is 5.81. The summed E-state index contributed by atoms with van der Waals surface area (Å²) in [7, 11) is 1.68. The lowest BCUT2D eigenvalue weighted by molar-refractivity contribution is -0.144. The molecule has 0 aliphatic carbocycles. The molecule has 0 spiro atoms. The molecule has 0 radical (unpaired) electrons. The standard InChI is InChI=1S/C21H27F3N2O3/c1-29-14-15-7-9-25(10-8-15)20(28)17-5-6-19(27)26(13-17)12-16-3-2-4-18(11-16)21(22,23)24/h2-4,11,15,17H,5-10,12-14H2,1H3/t17-/m0/s1. The van der Waals surface area contributed by atoms with Crippen LogP contribution in [0.4, 0.5) is 13.2 Å². The van der Waals surface area contributed by atoms with Gasteiger partial charge in [-0.25, -0.2) is 0 Å². The molecular formula is C21H27F3N2O3. The van der Waals surface area contributed by atoms with Gasteiger partial charge in [-0.1, -0.05) is 12.1 Å². The zero-order valence-corrected chi connectivity index (χ0v) is 16.6. The minimum atomic E-state index is -4.42. The average molecular weight is 412 g/mol. The van der Waals surface area contributed by atoms with Crippen LogP contribution in [-0.2, 0) is 27.0 Å². The molecule has 2 fully saturated rings. The van der Waals surface area contributed by atoms with Crippen molar-refractivity contribution in [3.63, 3.8) is 0 Å². The van der Waals surface area contributed by atoms with Crippen LogP contribution in [0.1, 0.15) is 36.8 Å². The van der Waals surface area contributed by atoms with Gasteiger partial charge in [0.05, 0.1) is 11.5 Å². The fraction of sp³-hybridized carbons (Fsp3) is 0.619. The highest BCUT2D eigenvalue weighted by Crippen LogP contribution is 2.30. The highest BCUT2D eigenvalue weighted by molar-refractivity contribution is 5.84. The zero-order valence-electron chi connectivity index (χ0n) is 16.6. The second-order valence-electron chi connectivity index (χ2n) is 7.93. The van der Waals surface area contributed by atoms with E-state index in [0.29, 0.717) is 37.6 Å². The molecule has 1 aromatic rings. The van der Waals surface area contributed by atoms with E-state index in [1.54, 1.807) is 13.2 Å².